The first-order valence-electron chi connectivity index (χ1n) is 13.6. The maximum atomic E-state index is 13.3. The summed E-state index contributed by atoms with van der Waals surface area (Å²) in [6.07, 6.45) is 14.1. The zero-order chi connectivity index (χ0) is 25.2. The maximum absolute atomic E-state index is 13.3. The Morgan fingerprint density at radius 2 is 1.44 bits per heavy atom. The molecule has 0 spiro atoms. The van der Waals surface area contributed by atoms with Gasteiger partial charge in [0.1, 0.15) is 11.3 Å². The summed E-state index contributed by atoms with van der Waals surface area (Å²) in [6.45, 7) is 4.78. The van der Waals surface area contributed by atoms with E-state index in [1.54, 1.807) is 6.20 Å². The Kier molecular flexibility index (Phi) is 9.62. The summed E-state index contributed by atoms with van der Waals surface area (Å²) >= 11 is 0. The second-order valence-corrected chi connectivity index (χ2v) is 9.57. The molecule has 0 N–H and O–H groups in total. The number of Topliss-reactive ketones (excluding diaryl/α,β-unsaturated/α-hetero) is 1. The largest absolute Gasteiger partial charge is 0.464 e. The van der Waals surface area contributed by atoms with Gasteiger partial charge in [0.25, 0.3) is 0 Å². The number of para-hydroxylation sites is 1. The molecule has 1 aromatic heterocycles. The first kappa shape index (κ1) is 26.0. The fraction of sp³-hybridized carbons (Fsp3) is 0.452. The smallest absolute Gasteiger partial charge is 0.201 e. The van der Waals surface area contributed by atoms with Crippen LogP contribution in [-0.4, -0.2) is 28.6 Å². The van der Waals surface area contributed by atoms with Crippen molar-refractivity contribution in [1.82, 2.24) is 9.97 Å². The monoisotopic (exact) mass is 486 g/mol. The van der Waals surface area contributed by atoms with E-state index in [1.165, 1.54) is 57.8 Å². The van der Waals surface area contributed by atoms with Gasteiger partial charge in [-0.1, -0.05) is 107 Å². The molecule has 1 aliphatic carbocycles. The third-order valence-electron chi connectivity index (χ3n) is 6.72. The van der Waals surface area contributed by atoms with Crippen molar-refractivity contribution in [3.63, 3.8) is 0 Å². The minimum Gasteiger partial charge on any atom is -0.464 e. The highest BCUT2D eigenvalue weighted by molar-refractivity contribution is 6.38. The highest BCUT2D eigenvalue weighted by atomic mass is 16.7. The molecular weight excluding hydrogens is 448 g/mol. The lowest BCUT2D eigenvalue weighted by Crippen LogP contribution is -2.14. The van der Waals surface area contributed by atoms with E-state index in [9.17, 15) is 4.79 Å². The Bertz CT molecular complexity index is 1190. The number of carbonyl (C=O) groups excluding carboxylic acids is 1. The topological polar surface area (TPSA) is 61.3 Å². The average molecular weight is 487 g/mol. The van der Waals surface area contributed by atoms with Gasteiger partial charge in [-0.25, -0.2) is 9.97 Å². The third kappa shape index (κ3) is 6.58. The Morgan fingerprint density at radius 3 is 2.19 bits per heavy atom. The maximum Gasteiger partial charge on any atom is 0.201 e. The molecule has 5 nitrogen and oxygen atoms in total. The number of nitrogens with zero attached hydrogens (tertiary/aromatic N) is 2. The predicted octanol–water partition coefficient (Wildman–Crippen LogP) is 7.99. The number of rotatable bonds is 15. The van der Waals surface area contributed by atoms with Crippen molar-refractivity contribution < 1.29 is 14.3 Å². The SMILES string of the molecule is CCCCCCCCCCCCOC(C)OC1=C(c2ncc3ccccc3n2)C(=O)c2ccccc21. The summed E-state index contributed by atoms with van der Waals surface area (Å²) in [7, 11) is 0. The molecule has 0 saturated heterocycles. The van der Waals surface area contributed by atoms with Gasteiger partial charge in [0, 0.05) is 22.7 Å². The molecule has 4 rings (SSSR count). The van der Waals surface area contributed by atoms with E-state index in [2.05, 4.69) is 16.9 Å². The molecule has 0 saturated carbocycles. The van der Waals surface area contributed by atoms with E-state index in [0.29, 0.717) is 29.3 Å². The Morgan fingerprint density at radius 1 is 0.806 bits per heavy atom. The van der Waals surface area contributed by atoms with E-state index in [4.69, 9.17) is 9.47 Å². The number of unbranched alkanes of at least 4 members (excludes halogenated alkanes) is 9. The van der Waals surface area contributed by atoms with Crippen molar-refractivity contribution >= 4 is 28.0 Å². The standard InChI is InChI=1S/C31H38N2O3/c1-3-4-5-6-7-8-9-10-11-16-21-35-23(2)36-30-26-19-14-13-18-25(26)29(34)28(30)31-32-22-24-17-12-15-20-27(24)33-31/h12-15,17-20,22-23H,3-11,16,21H2,1-2H3. The first-order chi connectivity index (χ1) is 17.7. The molecule has 5 heteroatoms. The summed E-state index contributed by atoms with van der Waals surface area (Å²) in [5.41, 5.74) is 2.57. The Balaban J connectivity index is 1.34. The van der Waals surface area contributed by atoms with Crippen molar-refractivity contribution in [1.29, 1.82) is 0 Å². The number of ketones is 1. The van der Waals surface area contributed by atoms with Gasteiger partial charge in [0.2, 0.25) is 5.78 Å². The molecule has 1 aliphatic rings. The van der Waals surface area contributed by atoms with Crippen LogP contribution in [-0.2, 0) is 9.47 Å². The summed E-state index contributed by atoms with van der Waals surface area (Å²) in [5.74, 6) is 0.769. The van der Waals surface area contributed by atoms with Crippen molar-refractivity contribution in [2.24, 2.45) is 0 Å². The van der Waals surface area contributed by atoms with Crippen LogP contribution < -0.4 is 0 Å². The zero-order valence-corrected chi connectivity index (χ0v) is 21.7. The number of ether oxygens (including phenoxy) is 2. The number of carbonyl (C=O) groups is 1. The summed E-state index contributed by atoms with van der Waals surface area (Å²) in [4.78, 5) is 22.5. The van der Waals surface area contributed by atoms with Crippen molar-refractivity contribution in [2.45, 2.75) is 84.3 Å². The van der Waals surface area contributed by atoms with Crippen molar-refractivity contribution in [3.8, 4) is 0 Å². The van der Waals surface area contributed by atoms with Crippen LogP contribution in [0.3, 0.4) is 0 Å². The molecule has 0 radical (unpaired) electrons. The third-order valence-corrected chi connectivity index (χ3v) is 6.72. The van der Waals surface area contributed by atoms with Gasteiger partial charge in [-0.3, -0.25) is 4.79 Å². The van der Waals surface area contributed by atoms with Crippen molar-refractivity contribution in [2.75, 3.05) is 6.61 Å². The van der Waals surface area contributed by atoms with Gasteiger partial charge in [0.05, 0.1) is 12.1 Å². The fourth-order valence-corrected chi connectivity index (χ4v) is 4.71. The van der Waals surface area contributed by atoms with Gasteiger partial charge in [-0.2, -0.15) is 0 Å². The number of allylic oxidation sites excluding steroid dienone is 1. The van der Waals surface area contributed by atoms with Gasteiger partial charge >= 0.3 is 0 Å². The van der Waals surface area contributed by atoms with Gasteiger partial charge in [-0.15, -0.1) is 0 Å². The molecule has 0 bridgehead atoms. The van der Waals surface area contributed by atoms with E-state index >= 15 is 0 Å². The normalized spacial score (nSPS) is 13.9. The zero-order valence-electron chi connectivity index (χ0n) is 21.7. The number of hydrogen-bond donors (Lipinski definition) is 0. The summed E-state index contributed by atoms with van der Waals surface area (Å²) in [6, 6.07) is 15.3. The van der Waals surface area contributed by atoms with Crippen LogP contribution in [0.1, 0.15) is 99.8 Å². The van der Waals surface area contributed by atoms with Crippen LogP contribution >= 0.6 is 0 Å². The second kappa shape index (κ2) is 13.3. The number of fused-ring (bicyclic) bond motifs is 2. The molecule has 0 aliphatic heterocycles. The van der Waals surface area contributed by atoms with Crippen LogP contribution in [0, 0.1) is 0 Å². The molecule has 0 amide bonds. The molecule has 1 unspecified atom stereocenters. The fourth-order valence-electron chi connectivity index (χ4n) is 4.71. The van der Waals surface area contributed by atoms with E-state index < -0.39 is 6.29 Å². The summed E-state index contributed by atoms with van der Waals surface area (Å²) in [5, 5.41) is 0.931. The molecule has 2 aromatic carbocycles. The molecule has 0 fully saturated rings. The molecule has 36 heavy (non-hydrogen) atoms. The van der Waals surface area contributed by atoms with Gasteiger partial charge < -0.3 is 9.47 Å². The van der Waals surface area contributed by atoms with E-state index in [0.717, 1.165) is 22.9 Å². The Hall–Kier alpha value is -3.05. The van der Waals surface area contributed by atoms with Gasteiger partial charge in [-0.05, 0) is 19.4 Å². The minimum atomic E-state index is -0.479. The van der Waals surface area contributed by atoms with Crippen LogP contribution in [0.15, 0.2) is 54.7 Å². The van der Waals surface area contributed by atoms with Gasteiger partial charge in [0.15, 0.2) is 12.1 Å². The predicted molar refractivity (Wildman–Crippen MR) is 145 cm³/mol. The lowest BCUT2D eigenvalue weighted by atomic mass is 10.1. The minimum absolute atomic E-state index is 0.113. The van der Waals surface area contributed by atoms with Crippen LogP contribution in [0.2, 0.25) is 0 Å². The number of hydrogen-bond acceptors (Lipinski definition) is 5. The van der Waals surface area contributed by atoms with E-state index in [1.807, 2.05) is 55.5 Å². The molecule has 1 atom stereocenters. The molecule has 3 aromatic rings. The number of aromatic nitrogens is 2. The average Bonchev–Trinajstić information content (AvgIpc) is 3.18. The Labute approximate surface area is 215 Å². The second-order valence-electron chi connectivity index (χ2n) is 9.57. The van der Waals surface area contributed by atoms with Crippen molar-refractivity contribution in [3.05, 3.63) is 71.7 Å². The molecular formula is C31H38N2O3. The van der Waals surface area contributed by atoms with E-state index in [-0.39, 0.29) is 5.78 Å². The highest BCUT2D eigenvalue weighted by Gasteiger charge is 2.34. The lowest BCUT2D eigenvalue weighted by molar-refractivity contribution is -0.0838. The molecule has 1 heterocycles. The van der Waals surface area contributed by atoms with Crippen LogP contribution in [0.4, 0.5) is 0 Å². The lowest BCUT2D eigenvalue weighted by Gasteiger charge is -2.18. The number of benzene rings is 2. The first-order valence-corrected chi connectivity index (χ1v) is 13.6. The summed E-state index contributed by atoms with van der Waals surface area (Å²) < 4.78 is 12.2. The molecule has 190 valence electrons. The quantitative estimate of drug-likeness (QED) is 0.161. The van der Waals surface area contributed by atoms with Crippen LogP contribution in [0.25, 0.3) is 22.2 Å². The van der Waals surface area contributed by atoms with Crippen LogP contribution in [0.5, 0.6) is 0 Å². The highest BCUT2D eigenvalue weighted by Crippen LogP contribution is 2.38.